The maximum atomic E-state index is 13.0. The van der Waals surface area contributed by atoms with E-state index in [1.165, 1.54) is 11.3 Å². The van der Waals surface area contributed by atoms with Crippen molar-refractivity contribution in [1.29, 1.82) is 0 Å². The molecule has 166 valence electrons. The van der Waals surface area contributed by atoms with Crippen LogP contribution in [0.1, 0.15) is 26.5 Å². The van der Waals surface area contributed by atoms with Crippen molar-refractivity contribution in [3.05, 3.63) is 76.0 Å². The summed E-state index contributed by atoms with van der Waals surface area (Å²) in [6.07, 6.45) is 1.24. The number of thiophene rings is 1. The van der Waals surface area contributed by atoms with Crippen molar-refractivity contribution < 1.29 is 14.3 Å². The molecule has 6 heteroatoms. The Bertz CT molecular complexity index is 1120. The number of amides is 2. The first kappa shape index (κ1) is 22.1. The SMILES string of the molecule is CNC(=O)[C@@]1(Cc2ccc(-c3ccccc3OC)cc2)CCN(C(=O)c2ccc(C)s2)C1. The molecule has 2 amide bonds. The van der Waals surface area contributed by atoms with Crippen LogP contribution in [0.4, 0.5) is 0 Å². The van der Waals surface area contributed by atoms with Crippen molar-refractivity contribution in [2.45, 2.75) is 19.8 Å². The number of hydrogen-bond acceptors (Lipinski definition) is 4. The molecule has 0 aliphatic carbocycles. The standard InChI is InChI=1S/C26H28N2O3S/c1-18-8-13-23(32-18)24(29)28-15-14-26(17-28,25(30)27-2)16-19-9-11-20(12-10-19)21-6-4-5-7-22(21)31-3/h4-13H,14-17H2,1-3H3,(H,27,30)/t26-/m1/s1. The number of ether oxygens (including phenoxy) is 1. The summed E-state index contributed by atoms with van der Waals surface area (Å²) in [6, 6.07) is 20.0. The van der Waals surface area contributed by atoms with Crippen LogP contribution in [-0.2, 0) is 11.2 Å². The van der Waals surface area contributed by atoms with E-state index in [2.05, 4.69) is 29.6 Å². The Morgan fingerprint density at radius 3 is 2.50 bits per heavy atom. The molecule has 4 rings (SSSR count). The van der Waals surface area contributed by atoms with E-state index in [0.29, 0.717) is 25.9 Å². The van der Waals surface area contributed by atoms with Crippen molar-refractivity contribution in [2.75, 3.05) is 27.2 Å². The number of para-hydroxylation sites is 1. The van der Waals surface area contributed by atoms with Crippen molar-refractivity contribution >= 4 is 23.2 Å². The van der Waals surface area contributed by atoms with Crippen LogP contribution >= 0.6 is 11.3 Å². The van der Waals surface area contributed by atoms with Gasteiger partial charge in [0.25, 0.3) is 5.91 Å². The van der Waals surface area contributed by atoms with Crippen LogP contribution in [0.5, 0.6) is 5.75 Å². The fourth-order valence-corrected chi connectivity index (χ4v) is 5.34. The lowest BCUT2D eigenvalue weighted by Gasteiger charge is -2.27. The van der Waals surface area contributed by atoms with Gasteiger partial charge < -0.3 is 15.0 Å². The van der Waals surface area contributed by atoms with Gasteiger partial charge in [0.15, 0.2) is 0 Å². The topological polar surface area (TPSA) is 58.6 Å². The monoisotopic (exact) mass is 448 g/mol. The fourth-order valence-electron chi connectivity index (χ4n) is 4.50. The van der Waals surface area contributed by atoms with Gasteiger partial charge in [-0.1, -0.05) is 42.5 Å². The number of carbonyl (C=O) groups is 2. The Morgan fingerprint density at radius 2 is 1.84 bits per heavy atom. The Balaban J connectivity index is 1.55. The molecule has 0 unspecified atom stereocenters. The van der Waals surface area contributed by atoms with E-state index in [-0.39, 0.29) is 11.8 Å². The third-order valence-electron chi connectivity index (χ3n) is 6.22. The summed E-state index contributed by atoms with van der Waals surface area (Å²) in [5.74, 6) is 0.834. The molecule has 3 aromatic rings. The number of likely N-dealkylation sites (tertiary alicyclic amines) is 1. The predicted octanol–water partition coefficient (Wildman–Crippen LogP) is 4.55. The Hall–Kier alpha value is -3.12. The molecule has 32 heavy (non-hydrogen) atoms. The van der Waals surface area contributed by atoms with E-state index in [1.807, 2.05) is 48.2 Å². The molecule has 1 saturated heterocycles. The highest BCUT2D eigenvalue weighted by Crippen LogP contribution is 2.37. The third-order valence-corrected chi connectivity index (χ3v) is 7.20. The van der Waals surface area contributed by atoms with E-state index < -0.39 is 5.41 Å². The molecule has 1 aliphatic heterocycles. The molecule has 0 bridgehead atoms. The maximum Gasteiger partial charge on any atom is 0.263 e. The van der Waals surface area contributed by atoms with Crippen LogP contribution in [0.3, 0.4) is 0 Å². The highest BCUT2D eigenvalue weighted by atomic mass is 32.1. The van der Waals surface area contributed by atoms with Crippen LogP contribution in [0, 0.1) is 12.3 Å². The van der Waals surface area contributed by atoms with Crippen molar-refractivity contribution in [3.63, 3.8) is 0 Å². The number of rotatable bonds is 6. The molecule has 0 spiro atoms. The van der Waals surface area contributed by atoms with E-state index in [4.69, 9.17) is 4.74 Å². The van der Waals surface area contributed by atoms with Crippen molar-refractivity contribution in [3.8, 4) is 16.9 Å². The summed E-state index contributed by atoms with van der Waals surface area (Å²) in [4.78, 5) is 29.6. The minimum absolute atomic E-state index is 0.0102. The zero-order valence-corrected chi connectivity index (χ0v) is 19.5. The summed E-state index contributed by atoms with van der Waals surface area (Å²) in [7, 11) is 3.34. The molecule has 0 radical (unpaired) electrons. The van der Waals surface area contributed by atoms with E-state index in [9.17, 15) is 9.59 Å². The Kier molecular flexibility index (Phi) is 6.33. The van der Waals surface area contributed by atoms with Crippen molar-refractivity contribution in [2.24, 2.45) is 5.41 Å². The predicted molar refractivity (Wildman–Crippen MR) is 128 cm³/mol. The van der Waals surface area contributed by atoms with Crippen LogP contribution < -0.4 is 10.1 Å². The third kappa shape index (κ3) is 4.28. The first-order valence-corrected chi connectivity index (χ1v) is 11.6. The quantitative estimate of drug-likeness (QED) is 0.602. The average Bonchev–Trinajstić information content (AvgIpc) is 3.46. The lowest BCUT2D eigenvalue weighted by atomic mass is 9.79. The number of benzene rings is 2. The molecule has 5 nitrogen and oxygen atoms in total. The lowest BCUT2D eigenvalue weighted by Crippen LogP contribution is -2.44. The average molecular weight is 449 g/mol. The van der Waals surface area contributed by atoms with Gasteiger partial charge in [0.2, 0.25) is 5.91 Å². The van der Waals surface area contributed by atoms with Gasteiger partial charge in [-0.15, -0.1) is 11.3 Å². The highest BCUT2D eigenvalue weighted by Gasteiger charge is 2.45. The van der Waals surface area contributed by atoms with E-state index in [1.54, 1.807) is 14.2 Å². The van der Waals surface area contributed by atoms with Crippen LogP contribution in [0.25, 0.3) is 11.1 Å². The number of aryl methyl sites for hydroxylation is 1. The number of nitrogens with zero attached hydrogens (tertiary/aromatic N) is 1. The molecule has 1 aromatic heterocycles. The zero-order valence-electron chi connectivity index (χ0n) is 18.7. The Labute approximate surface area is 193 Å². The molecule has 1 N–H and O–H groups in total. The molecule has 0 saturated carbocycles. The molecule has 1 atom stereocenters. The second-order valence-corrected chi connectivity index (χ2v) is 9.61. The summed E-state index contributed by atoms with van der Waals surface area (Å²) < 4.78 is 5.48. The second kappa shape index (κ2) is 9.17. The van der Waals surface area contributed by atoms with Gasteiger partial charge in [0.1, 0.15) is 5.75 Å². The van der Waals surface area contributed by atoms with Crippen LogP contribution in [0.2, 0.25) is 0 Å². The first-order chi connectivity index (χ1) is 15.5. The normalized spacial score (nSPS) is 17.9. The minimum atomic E-state index is -0.622. The fraction of sp³-hybridized carbons (Fsp3) is 0.308. The van der Waals surface area contributed by atoms with E-state index in [0.717, 1.165) is 32.2 Å². The molecular formula is C26H28N2O3S. The number of methoxy groups -OCH3 is 1. The summed E-state index contributed by atoms with van der Waals surface area (Å²) in [5.41, 5.74) is 2.55. The molecular weight excluding hydrogens is 420 g/mol. The maximum absolute atomic E-state index is 13.0. The van der Waals surface area contributed by atoms with Gasteiger partial charge in [0.05, 0.1) is 17.4 Å². The van der Waals surface area contributed by atoms with Crippen LogP contribution in [-0.4, -0.2) is 44.0 Å². The second-order valence-electron chi connectivity index (χ2n) is 8.32. The smallest absolute Gasteiger partial charge is 0.263 e. The van der Waals surface area contributed by atoms with Crippen LogP contribution in [0.15, 0.2) is 60.7 Å². The molecule has 1 fully saturated rings. The van der Waals surface area contributed by atoms with Crippen molar-refractivity contribution in [1.82, 2.24) is 10.2 Å². The lowest BCUT2D eigenvalue weighted by molar-refractivity contribution is -0.129. The van der Waals surface area contributed by atoms with Gasteiger partial charge in [0, 0.05) is 30.6 Å². The number of nitrogens with one attached hydrogen (secondary N) is 1. The number of carbonyl (C=O) groups excluding carboxylic acids is 2. The molecule has 2 aromatic carbocycles. The largest absolute Gasteiger partial charge is 0.496 e. The van der Waals surface area contributed by atoms with Gasteiger partial charge in [-0.05, 0) is 49.1 Å². The summed E-state index contributed by atoms with van der Waals surface area (Å²) in [5, 5.41) is 2.83. The number of hydrogen-bond donors (Lipinski definition) is 1. The molecule has 1 aliphatic rings. The van der Waals surface area contributed by atoms with E-state index >= 15 is 0 Å². The summed E-state index contributed by atoms with van der Waals surface area (Å²) >= 11 is 1.50. The van der Waals surface area contributed by atoms with Gasteiger partial charge >= 0.3 is 0 Å². The molecule has 2 heterocycles. The van der Waals surface area contributed by atoms with Gasteiger partial charge in [-0.2, -0.15) is 0 Å². The van der Waals surface area contributed by atoms with Gasteiger partial charge in [-0.25, -0.2) is 0 Å². The minimum Gasteiger partial charge on any atom is -0.496 e. The zero-order chi connectivity index (χ0) is 22.7. The summed E-state index contributed by atoms with van der Waals surface area (Å²) in [6.45, 7) is 3.01. The highest BCUT2D eigenvalue weighted by molar-refractivity contribution is 7.13. The van der Waals surface area contributed by atoms with Gasteiger partial charge in [-0.3, -0.25) is 9.59 Å². The Morgan fingerprint density at radius 1 is 1.09 bits per heavy atom. The first-order valence-electron chi connectivity index (χ1n) is 10.8.